The van der Waals surface area contributed by atoms with E-state index in [0.29, 0.717) is 12.4 Å². The van der Waals surface area contributed by atoms with E-state index >= 15 is 0 Å². The molecule has 0 aliphatic carbocycles. The summed E-state index contributed by atoms with van der Waals surface area (Å²) >= 11 is 0. The molecule has 3 N–H and O–H groups in total. The standard InChI is InChI=1S/C18H24N6O3/c1-23-14-9-11(20-13-5-7-19-10-15(13)27-2)3-4-12(14)17(22-23)24-8-6-16(25)21-18(24)26/h3-4,9,13,15,19-20H,5-8,10H2,1-2H3,(H,21,25,26)/t13-,15-/m1/s1. The highest BCUT2D eigenvalue weighted by atomic mass is 16.5. The van der Waals surface area contributed by atoms with Gasteiger partial charge in [-0.05, 0) is 31.2 Å². The summed E-state index contributed by atoms with van der Waals surface area (Å²) in [5, 5.41) is 14.6. The van der Waals surface area contributed by atoms with Gasteiger partial charge < -0.3 is 15.4 Å². The Labute approximate surface area is 157 Å². The molecule has 2 aliphatic heterocycles. The second-order valence-electron chi connectivity index (χ2n) is 6.95. The molecule has 0 saturated carbocycles. The molecule has 2 aromatic rings. The zero-order valence-electron chi connectivity index (χ0n) is 15.5. The Morgan fingerprint density at radius 3 is 2.96 bits per heavy atom. The number of methoxy groups -OCH3 is 1. The third kappa shape index (κ3) is 3.35. The number of fused-ring (bicyclic) bond motifs is 1. The van der Waals surface area contributed by atoms with Crippen LogP contribution >= 0.6 is 0 Å². The predicted molar refractivity (Wildman–Crippen MR) is 102 cm³/mol. The molecular formula is C18H24N6O3. The van der Waals surface area contributed by atoms with Crippen molar-refractivity contribution in [3.8, 4) is 0 Å². The molecule has 3 heterocycles. The molecule has 1 aromatic heterocycles. The van der Waals surface area contributed by atoms with E-state index in [9.17, 15) is 9.59 Å². The maximum absolute atomic E-state index is 12.2. The number of hydrogen-bond donors (Lipinski definition) is 3. The zero-order valence-corrected chi connectivity index (χ0v) is 15.5. The van der Waals surface area contributed by atoms with Crippen LogP contribution in [0.15, 0.2) is 18.2 Å². The fourth-order valence-electron chi connectivity index (χ4n) is 3.75. The van der Waals surface area contributed by atoms with Crippen molar-refractivity contribution in [2.24, 2.45) is 7.05 Å². The quantitative estimate of drug-likeness (QED) is 0.734. The molecule has 0 radical (unpaired) electrons. The van der Waals surface area contributed by atoms with Crippen molar-refractivity contribution in [3.05, 3.63) is 18.2 Å². The number of carbonyl (C=O) groups is 2. The van der Waals surface area contributed by atoms with E-state index in [1.54, 1.807) is 11.8 Å². The summed E-state index contributed by atoms with van der Waals surface area (Å²) in [5.74, 6) is 0.318. The number of anilines is 2. The number of rotatable bonds is 4. The number of aromatic nitrogens is 2. The first kappa shape index (κ1) is 17.7. The molecule has 9 heteroatoms. The van der Waals surface area contributed by atoms with E-state index < -0.39 is 6.03 Å². The molecule has 2 aliphatic rings. The fraction of sp³-hybridized carbons (Fsp3) is 0.500. The highest BCUT2D eigenvalue weighted by Gasteiger charge is 2.28. The van der Waals surface area contributed by atoms with Gasteiger partial charge in [-0.25, -0.2) is 4.79 Å². The van der Waals surface area contributed by atoms with Gasteiger partial charge in [-0.1, -0.05) is 0 Å². The summed E-state index contributed by atoms with van der Waals surface area (Å²) in [5.41, 5.74) is 1.91. The van der Waals surface area contributed by atoms with Gasteiger partial charge in [0.2, 0.25) is 5.91 Å². The molecule has 9 nitrogen and oxygen atoms in total. The average molecular weight is 372 g/mol. The van der Waals surface area contributed by atoms with Crippen molar-refractivity contribution >= 4 is 34.3 Å². The van der Waals surface area contributed by atoms with E-state index in [1.165, 1.54) is 4.90 Å². The minimum Gasteiger partial charge on any atom is -0.380 e. The predicted octanol–water partition coefficient (Wildman–Crippen LogP) is 0.808. The maximum atomic E-state index is 12.2. The normalized spacial score (nSPS) is 23.6. The first-order chi connectivity index (χ1) is 13.1. The maximum Gasteiger partial charge on any atom is 0.329 e. The summed E-state index contributed by atoms with van der Waals surface area (Å²) in [6.45, 7) is 2.12. The summed E-state index contributed by atoms with van der Waals surface area (Å²) in [7, 11) is 3.59. The number of hydrogen-bond acceptors (Lipinski definition) is 6. The van der Waals surface area contributed by atoms with Gasteiger partial charge in [-0.3, -0.25) is 19.7 Å². The lowest BCUT2D eigenvalue weighted by molar-refractivity contribution is -0.120. The molecule has 0 unspecified atom stereocenters. The number of ether oxygens (including phenoxy) is 1. The van der Waals surface area contributed by atoms with Gasteiger partial charge in [0.1, 0.15) is 0 Å². The second-order valence-corrected chi connectivity index (χ2v) is 6.95. The summed E-state index contributed by atoms with van der Waals surface area (Å²) in [6, 6.07) is 5.81. The minimum atomic E-state index is -0.425. The van der Waals surface area contributed by atoms with Crippen LogP contribution in [0.1, 0.15) is 12.8 Å². The Bertz CT molecular complexity index is 879. The number of nitrogens with zero attached hydrogens (tertiary/aromatic N) is 3. The van der Waals surface area contributed by atoms with E-state index in [0.717, 1.165) is 36.1 Å². The van der Waals surface area contributed by atoms with Crippen LogP contribution in [0.3, 0.4) is 0 Å². The first-order valence-electron chi connectivity index (χ1n) is 9.15. The van der Waals surface area contributed by atoms with Crippen LogP contribution in [0.25, 0.3) is 10.9 Å². The van der Waals surface area contributed by atoms with Gasteiger partial charge in [-0.15, -0.1) is 0 Å². The van der Waals surface area contributed by atoms with E-state index in [4.69, 9.17) is 4.74 Å². The van der Waals surface area contributed by atoms with Crippen molar-refractivity contribution in [2.75, 3.05) is 37.0 Å². The second kappa shape index (κ2) is 7.16. The van der Waals surface area contributed by atoms with Crippen LogP contribution in [-0.2, 0) is 16.6 Å². The lowest BCUT2D eigenvalue weighted by Gasteiger charge is -2.32. The number of carbonyl (C=O) groups excluding carboxylic acids is 2. The van der Waals surface area contributed by atoms with E-state index in [1.807, 2.05) is 25.2 Å². The lowest BCUT2D eigenvalue weighted by atomic mass is 10.0. The van der Waals surface area contributed by atoms with Crippen LogP contribution < -0.4 is 20.9 Å². The van der Waals surface area contributed by atoms with Gasteiger partial charge in [-0.2, -0.15) is 5.10 Å². The number of aryl methyl sites for hydroxylation is 1. The number of nitrogens with one attached hydrogen (secondary N) is 3. The van der Waals surface area contributed by atoms with Crippen LogP contribution in [0.5, 0.6) is 0 Å². The van der Waals surface area contributed by atoms with Gasteiger partial charge in [0.05, 0.1) is 17.7 Å². The van der Waals surface area contributed by atoms with Gasteiger partial charge in [0.25, 0.3) is 0 Å². The number of urea groups is 1. The van der Waals surface area contributed by atoms with Gasteiger partial charge >= 0.3 is 6.03 Å². The molecule has 144 valence electrons. The molecule has 3 amide bonds. The fourth-order valence-corrected chi connectivity index (χ4v) is 3.75. The topological polar surface area (TPSA) is 101 Å². The van der Waals surface area contributed by atoms with E-state index in [-0.39, 0.29) is 24.5 Å². The van der Waals surface area contributed by atoms with E-state index in [2.05, 4.69) is 21.0 Å². The highest BCUT2D eigenvalue weighted by Crippen LogP contribution is 2.29. The molecule has 2 fully saturated rings. The largest absolute Gasteiger partial charge is 0.380 e. The van der Waals surface area contributed by atoms with Crippen molar-refractivity contribution in [2.45, 2.75) is 25.0 Å². The SMILES string of the molecule is CO[C@@H]1CNCC[C@H]1Nc1ccc2c(N3CCC(=O)NC3=O)nn(C)c2c1. The summed E-state index contributed by atoms with van der Waals surface area (Å²) in [6.07, 6.45) is 1.37. The number of benzene rings is 1. The van der Waals surface area contributed by atoms with Gasteiger partial charge in [0, 0.05) is 44.7 Å². The Morgan fingerprint density at radius 2 is 2.19 bits per heavy atom. The zero-order chi connectivity index (χ0) is 19.0. The number of imide groups is 1. The molecule has 27 heavy (non-hydrogen) atoms. The average Bonchev–Trinajstić information content (AvgIpc) is 2.98. The summed E-state index contributed by atoms with van der Waals surface area (Å²) in [4.78, 5) is 25.1. The van der Waals surface area contributed by atoms with Gasteiger partial charge in [0.15, 0.2) is 5.82 Å². The molecule has 2 saturated heterocycles. The molecule has 0 bridgehead atoms. The van der Waals surface area contributed by atoms with Crippen molar-refractivity contribution in [3.63, 3.8) is 0 Å². The molecule has 1 aromatic carbocycles. The third-order valence-electron chi connectivity index (χ3n) is 5.22. The monoisotopic (exact) mass is 372 g/mol. The number of amides is 3. The lowest BCUT2D eigenvalue weighted by Crippen LogP contribution is -2.49. The molecule has 4 rings (SSSR count). The Morgan fingerprint density at radius 1 is 1.33 bits per heavy atom. The van der Waals surface area contributed by atoms with Crippen molar-refractivity contribution in [1.82, 2.24) is 20.4 Å². The van der Waals surface area contributed by atoms with Crippen LogP contribution in [-0.4, -0.2) is 60.6 Å². The van der Waals surface area contributed by atoms with Crippen molar-refractivity contribution in [1.29, 1.82) is 0 Å². The van der Waals surface area contributed by atoms with Crippen molar-refractivity contribution < 1.29 is 14.3 Å². The number of piperidine rings is 1. The third-order valence-corrected chi connectivity index (χ3v) is 5.22. The van der Waals surface area contributed by atoms with Crippen LogP contribution in [0.2, 0.25) is 0 Å². The highest BCUT2D eigenvalue weighted by molar-refractivity contribution is 6.09. The molecule has 0 spiro atoms. The smallest absolute Gasteiger partial charge is 0.329 e. The minimum absolute atomic E-state index is 0.117. The Balaban J connectivity index is 1.61. The summed E-state index contributed by atoms with van der Waals surface area (Å²) < 4.78 is 7.33. The Kier molecular flexibility index (Phi) is 4.71. The van der Waals surface area contributed by atoms with Crippen LogP contribution in [0, 0.1) is 0 Å². The molecular weight excluding hydrogens is 348 g/mol. The molecule has 2 atom stereocenters. The first-order valence-corrected chi connectivity index (χ1v) is 9.15. The Hall–Kier alpha value is -2.65. The van der Waals surface area contributed by atoms with Crippen LogP contribution in [0.4, 0.5) is 16.3 Å².